The molecule has 1 aliphatic heterocycles. The second-order valence-corrected chi connectivity index (χ2v) is 4.70. The number of carbonyl (C=O) groups is 2. The molecule has 0 bridgehead atoms. The maximum absolute atomic E-state index is 12.0. The maximum Gasteiger partial charge on any atom is 0.335 e. The van der Waals surface area contributed by atoms with E-state index in [0.717, 1.165) is 25.1 Å². The van der Waals surface area contributed by atoms with Gasteiger partial charge in [-0.25, -0.2) is 9.59 Å². The molecule has 5 nitrogen and oxygen atoms in total. The first-order valence-corrected chi connectivity index (χ1v) is 6.91. The van der Waals surface area contributed by atoms with E-state index in [4.69, 9.17) is 9.47 Å². The third kappa shape index (κ3) is 3.85. The van der Waals surface area contributed by atoms with Gasteiger partial charge < -0.3 is 14.4 Å². The molecule has 0 unspecified atom stereocenters. The molecular formula is C15H23NO4. The second-order valence-electron chi connectivity index (χ2n) is 4.70. The SMILES string of the molecule is C=CCOC(=O)[C@@H]1CCCN1/C(C)=C(\C)C(=O)OCC. The molecule has 0 aliphatic carbocycles. The summed E-state index contributed by atoms with van der Waals surface area (Å²) < 4.78 is 10.1. The van der Waals surface area contributed by atoms with E-state index in [1.807, 2.05) is 11.8 Å². The number of nitrogens with zero attached hydrogens (tertiary/aromatic N) is 1. The summed E-state index contributed by atoms with van der Waals surface area (Å²) in [7, 11) is 0. The van der Waals surface area contributed by atoms with E-state index in [1.165, 1.54) is 0 Å². The first-order valence-electron chi connectivity index (χ1n) is 6.91. The summed E-state index contributed by atoms with van der Waals surface area (Å²) in [5.41, 5.74) is 1.32. The van der Waals surface area contributed by atoms with Crippen LogP contribution in [0.1, 0.15) is 33.6 Å². The van der Waals surface area contributed by atoms with Crippen LogP contribution in [-0.4, -0.2) is 42.6 Å². The fourth-order valence-corrected chi connectivity index (χ4v) is 2.25. The predicted molar refractivity (Wildman–Crippen MR) is 75.9 cm³/mol. The largest absolute Gasteiger partial charge is 0.463 e. The molecular weight excluding hydrogens is 258 g/mol. The molecule has 0 radical (unpaired) electrons. The number of likely N-dealkylation sites (tertiary alicyclic amines) is 1. The molecule has 0 aromatic heterocycles. The Morgan fingerprint density at radius 2 is 2.05 bits per heavy atom. The van der Waals surface area contributed by atoms with Crippen LogP contribution < -0.4 is 0 Å². The second kappa shape index (κ2) is 7.72. The van der Waals surface area contributed by atoms with Crippen molar-refractivity contribution in [3.8, 4) is 0 Å². The third-order valence-electron chi connectivity index (χ3n) is 3.42. The molecule has 0 N–H and O–H groups in total. The summed E-state index contributed by atoms with van der Waals surface area (Å²) in [5, 5.41) is 0. The standard InChI is InChI=1S/C15H23NO4/c1-5-10-20-15(18)13-8-7-9-16(13)12(4)11(3)14(17)19-6-2/h5,13H,1,6-10H2,2-4H3/b12-11+/t13-/m0/s1. The number of allylic oxidation sites excluding steroid dienone is 1. The lowest BCUT2D eigenvalue weighted by molar-refractivity contribution is -0.147. The number of rotatable bonds is 6. The summed E-state index contributed by atoms with van der Waals surface area (Å²) in [6.45, 7) is 10.2. The quantitative estimate of drug-likeness (QED) is 0.423. The van der Waals surface area contributed by atoms with Crippen LogP contribution in [0.4, 0.5) is 0 Å². The number of hydrogen-bond acceptors (Lipinski definition) is 5. The van der Waals surface area contributed by atoms with Gasteiger partial charge in [0, 0.05) is 12.2 Å². The maximum atomic E-state index is 12.0. The van der Waals surface area contributed by atoms with Gasteiger partial charge in [-0.2, -0.15) is 0 Å². The lowest BCUT2D eigenvalue weighted by atomic mass is 10.2. The number of hydrogen-bond donors (Lipinski definition) is 0. The van der Waals surface area contributed by atoms with Gasteiger partial charge in [0.15, 0.2) is 0 Å². The molecule has 1 rings (SSSR count). The molecule has 5 heteroatoms. The van der Waals surface area contributed by atoms with Crippen LogP contribution in [0.5, 0.6) is 0 Å². The van der Waals surface area contributed by atoms with E-state index in [2.05, 4.69) is 6.58 Å². The molecule has 1 aliphatic rings. The summed E-state index contributed by atoms with van der Waals surface area (Å²) in [4.78, 5) is 25.7. The van der Waals surface area contributed by atoms with Crippen molar-refractivity contribution in [1.82, 2.24) is 4.90 Å². The molecule has 0 aromatic carbocycles. The number of ether oxygens (including phenoxy) is 2. The minimum Gasteiger partial charge on any atom is -0.463 e. The lowest BCUT2D eigenvalue weighted by Crippen LogP contribution is -2.37. The topological polar surface area (TPSA) is 55.8 Å². The zero-order valence-corrected chi connectivity index (χ0v) is 12.5. The van der Waals surface area contributed by atoms with Gasteiger partial charge in [0.05, 0.1) is 12.2 Å². The zero-order valence-electron chi connectivity index (χ0n) is 12.5. The zero-order chi connectivity index (χ0) is 15.1. The van der Waals surface area contributed by atoms with Crippen molar-refractivity contribution in [2.45, 2.75) is 39.7 Å². The first kappa shape index (κ1) is 16.3. The van der Waals surface area contributed by atoms with Gasteiger partial charge >= 0.3 is 11.9 Å². The smallest absolute Gasteiger partial charge is 0.335 e. The molecule has 20 heavy (non-hydrogen) atoms. The summed E-state index contributed by atoms with van der Waals surface area (Å²) in [6.07, 6.45) is 3.19. The van der Waals surface area contributed by atoms with E-state index in [9.17, 15) is 9.59 Å². The van der Waals surface area contributed by atoms with Crippen LogP contribution in [0.25, 0.3) is 0 Å². The van der Waals surface area contributed by atoms with Crippen molar-refractivity contribution in [2.75, 3.05) is 19.8 Å². The molecule has 1 saturated heterocycles. The Morgan fingerprint density at radius 3 is 2.65 bits per heavy atom. The molecule has 0 spiro atoms. The predicted octanol–water partition coefficient (Wildman–Crippen LogP) is 2.04. The highest BCUT2D eigenvalue weighted by Gasteiger charge is 2.33. The first-order chi connectivity index (χ1) is 9.52. The molecule has 1 atom stereocenters. The van der Waals surface area contributed by atoms with Crippen molar-refractivity contribution >= 4 is 11.9 Å². The van der Waals surface area contributed by atoms with E-state index in [1.54, 1.807) is 19.9 Å². The van der Waals surface area contributed by atoms with Gasteiger partial charge in [0.2, 0.25) is 0 Å². The van der Waals surface area contributed by atoms with E-state index in [0.29, 0.717) is 12.2 Å². The van der Waals surface area contributed by atoms with Crippen molar-refractivity contribution in [1.29, 1.82) is 0 Å². The molecule has 0 saturated carbocycles. The average molecular weight is 281 g/mol. The van der Waals surface area contributed by atoms with Crippen molar-refractivity contribution in [2.24, 2.45) is 0 Å². The van der Waals surface area contributed by atoms with Crippen LogP contribution in [0, 0.1) is 0 Å². The highest BCUT2D eigenvalue weighted by atomic mass is 16.5. The average Bonchev–Trinajstić information content (AvgIpc) is 2.92. The molecule has 1 heterocycles. The number of carbonyl (C=O) groups excluding carboxylic acids is 2. The highest BCUT2D eigenvalue weighted by Crippen LogP contribution is 2.25. The van der Waals surface area contributed by atoms with Gasteiger partial charge in [-0.15, -0.1) is 0 Å². The molecule has 0 aromatic rings. The fraction of sp³-hybridized carbons (Fsp3) is 0.600. The minimum absolute atomic E-state index is 0.211. The van der Waals surface area contributed by atoms with E-state index in [-0.39, 0.29) is 24.6 Å². The van der Waals surface area contributed by atoms with Crippen LogP contribution >= 0.6 is 0 Å². The number of esters is 2. The van der Waals surface area contributed by atoms with Gasteiger partial charge in [0.25, 0.3) is 0 Å². The van der Waals surface area contributed by atoms with Crippen molar-refractivity contribution in [3.63, 3.8) is 0 Å². The van der Waals surface area contributed by atoms with E-state index < -0.39 is 0 Å². The Morgan fingerprint density at radius 1 is 1.35 bits per heavy atom. The van der Waals surface area contributed by atoms with E-state index >= 15 is 0 Å². The summed E-state index contributed by atoms with van der Waals surface area (Å²) in [5.74, 6) is -0.603. The Labute approximate surface area is 120 Å². The Hall–Kier alpha value is -1.78. The normalized spacial score (nSPS) is 19.4. The Balaban J connectivity index is 2.82. The molecule has 112 valence electrons. The summed E-state index contributed by atoms with van der Waals surface area (Å²) in [6, 6.07) is -0.320. The Bertz CT molecular complexity index is 414. The van der Waals surface area contributed by atoms with Crippen molar-refractivity contribution in [3.05, 3.63) is 23.9 Å². The van der Waals surface area contributed by atoms with Crippen LogP contribution in [0.15, 0.2) is 23.9 Å². The molecule has 0 amide bonds. The van der Waals surface area contributed by atoms with Crippen LogP contribution in [0.3, 0.4) is 0 Å². The third-order valence-corrected chi connectivity index (χ3v) is 3.42. The fourth-order valence-electron chi connectivity index (χ4n) is 2.25. The van der Waals surface area contributed by atoms with Gasteiger partial charge in [-0.05, 0) is 33.6 Å². The van der Waals surface area contributed by atoms with Crippen molar-refractivity contribution < 1.29 is 19.1 Å². The lowest BCUT2D eigenvalue weighted by Gasteiger charge is -2.27. The monoisotopic (exact) mass is 281 g/mol. The van der Waals surface area contributed by atoms with Crippen LogP contribution in [0.2, 0.25) is 0 Å². The Kier molecular flexibility index (Phi) is 6.28. The van der Waals surface area contributed by atoms with Gasteiger partial charge in [-0.3, -0.25) is 0 Å². The molecule has 1 fully saturated rings. The van der Waals surface area contributed by atoms with Gasteiger partial charge in [-0.1, -0.05) is 12.7 Å². The highest BCUT2D eigenvalue weighted by molar-refractivity contribution is 5.88. The van der Waals surface area contributed by atoms with Gasteiger partial charge in [0.1, 0.15) is 12.6 Å². The van der Waals surface area contributed by atoms with Crippen LogP contribution in [-0.2, 0) is 19.1 Å². The summed E-state index contributed by atoms with van der Waals surface area (Å²) >= 11 is 0. The minimum atomic E-state index is -0.338.